The average Bonchev–Trinajstić information content (AvgIpc) is 3.02. The Morgan fingerprint density at radius 2 is 2.33 bits per heavy atom. The molecule has 0 radical (unpaired) electrons. The lowest BCUT2D eigenvalue weighted by atomic mass is 10.3. The summed E-state index contributed by atoms with van der Waals surface area (Å²) in [5.41, 5.74) is 7.23. The fourth-order valence-electron chi connectivity index (χ4n) is 1.55. The van der Waals surface area contributed by atoms with Crippen molar-refractivity contribution in [2.45, 2.75) is 13.3 Å². The monoisotopic (exact) mass is 262 g/mol. The third kappa shape index (κ3) is 1.97. The van der Waals surface area contributed by atoms with Crippen LogP contribution in [0.4, 0.5) is 5.82 Å². The van der Waals surface area contributed by atoms with Crippen molar-refractivity contribution in [2.24, 2.45) is 0 Å². The predicted molar refractivity (Wildman–Crippen MR) is 65.9 cm³/mol. The summed E-state index contributed by atoms with van der Waals surface area (Å²) >= 11 is 1.60. The predicted octanol–water partition coefficient (Wildman–Crippen LogP) is 1.40. The molecular weight excluding hydrogens is 252 g/mol. The Balaban J connectivity index is 1.84. The Morgan fingerprint density at radius 1 is 1.44 bits per heavy atom. The summed E-state index contributed by atoms with van der Waals surface area (Å²) < 4.78 is 5.14. The second-order valence-electron chi connectivity index (χ2n) is 3.75. The van der Waals surface area contributed by atoms with Gasteiger partial charge in [0.05, 0.1) is 23.3 Å². The number of aromatic nitrogens is 5. The largest absolute Gasteiger partial charge is 0.383 e. The summed E-state index contributed by atoms with van der Waals surface area (Å²) in [4.78, 5) is 8.61. The van der Waals surface area contributed by atoms with E-state index in [4.69, 9.17) is 10.3 Å². The summed E-state index contributed by atoms with van der Waals surface area (Å²) in [6, 6.07) is 0. The van der Waals surface area contributed by atoms with E-state index in [1.54, 1.807) is 17.5 Å². The molecule has 0 aromatic carbocycles. The maximum Gasteiger partial charge on any atom is 0.263 e. The molecule has 0 amide bonds. The Hall–Kier alpha value is -2.22. The molecule has 0 atom stereocenters. The van der Waals surface area contributed by atoms with Gasteiger partial charge in [-0.1, -0.05) is 5.16 Å². The number of aromatic amines is 1. The molecule has 3 aromatic rings. The van der Waals surface area contributed by atoms with Gasteiger partial charge in [0.2, 0.25) is 0 Å². The van der Waals surface area contributed by atoms with E-state index >= 15 is 0 Å². The Kier molecular flexibility index (Phi) is 2.56. The van der Waals surface area contributed by atoms with E-state index in [0.29, 0.717) is 29.5 Å². The lowest BCUT2D eigenvalue weighted by Crippen LogP contribution is -1.91. The first-order valence-corrected chi connectivity index (χ1v) is 6.13. The van der Waals surface area contributed by atoms with Gasteiger partial charge in [-0.15, -0.1) is 11.3 Å². The molecule has 0 unspecified atom stereocenters. The van der Waals surface area contributed by atoms with Crippen molar-refractivity contribution in [2.75, 3.05) is 5.73 Å². The van der Waals surface area contributed by atoms with Crippen LogP contribution in [0.3, 0.4) is 0 Å². The van der Waals surface area contributed by atoms with Crippen LogP contribution in [0.5, 0.6) is 0 Å². The first-order valence-electron chi connectivity index (χ1n) is 5.25. The number of rotatable bonds is 3. The number of nitrogen functional groups attached to an aromatic ring is 1. The second kappa shape index (κ2) is 4.22. The van der Waals surface area contributed by atoms with Crippen molar-refractivity contribution >= 4 is 17.2 Å². The van der Waals surface area contributed by atoms with Gasteiger partial charge in [-0.2, -0.15) is 10.1 Å². The van der Waals surface area contributed by atoms with Gasteiger partial charge in [-0.05, 0) is 6.92 Å². The van der Waals surface area contributed by atoms with Gasteiger partial charge >= 0.3 is 0 Å². The maximum atomic E-state index is 5.68. The lowest BCUT2D eigenvalue weighted by Gasteiger charge is -1.88. The minimum absolute atomic E-state index is 0.364. The van der Waals surface area contributed by atoms with E-state index in [9.17, 15) is 0 Å². The van der Waals surface area contributed by atoms with Gasteiger partial charge in [0.1, 0.15) is 11.4 Å². The maximum absolute atomic E-state index is 5.68. The van der Waals surface area contributed by atoms with E-state index in [0.717, 1.165) is 10.7 Å². The van der Waals surface area contributed by atoms with E-state index in [1.165, 1.54) is 0 Å². The molecule has 3 rings (SSSR count). The number of nitrogens with zero attached hydrogens (tertiary/aromatic N) is 4. The third-order valence-corrected chi connectivity index (χ3v) is 3.20. The minimum atomic E-state index is 0.364. The summed E-state index contributed by atoms with van der Waals surface area (Å²) in [7, 11) is 0. The van der Waals surface area contributed by atoms with Crippen LogP contribution >= 0.6 is 11.3 Å². The molecule has 3 N–H and O–H groups in total. The fourth-order valence-corrected chi connectivity index (χ4v) is 2.17. The van der Waals surface area contributed by atoms with E-state index in [1.807, 2.05) is 12.3 Å². The number of H-pyrrole nitrogens is 1. The van der Waals surface area contributed by atoms with Gasteiger partial charge in [0.25, 0.3) is 5.89 Å². The van der Waals surface area contributed by atoms with E-state index in [-0.39, 0.29) is 0 Å². The number of nitrogens with two attached hydrogens (primary N) is 1. The molecule has 0 saturated carbocycles. The molecule has 0 spiro atoms. The second-order valence-corrected chi connectivity index (χ2v) is 4.81. The minimum Gasteiger partial charge on any atom is -0.383 e. The van der Waals surface area contributed by atoms with Crippen LogP contribution in [0.1, 0.15) is 16.5 Å². The molecule has 0 saturated heterocycles. The van der Waals surface area contributed by atoms with Crippen LogP contribution in [0.25, 0.3) is 11.5 Å². The van der Waals surface area contributed by atoms with Crippen molar-refractivity contribution in [3.8, 4) is 11.5 Å². The van der Waals surface area contributed by atoms with Crippen LogP contribution in [0.2, 0.25) is 0 Å². The Labute approximate surface area is 106 Å². The molecule has 0 aliphatic carbocycles. The summed E-state index contributed by atoms with van der Waals surface area (Å²) in [6.45, 7) is 1.96. The number of nitrogens with one attached hydrogen (secondary N) is 1. The highest BCUT2D eigenvalue weighted by molar-refractivity contribution is 7.09. The quantitative estimate of drug-likeness (QED) is 0.738. The highest BCUT2D eigenvalue weighted by Gasteiger charge is 2.14. The van der Waals surface area contributed by atoms with Crippen LogP contribution in [-0.2, 0) is 6.42 Å². The molecule has 0 aliphatic rings. The molecule has 18 heavy (non-hydrogen) atoms. The van der Waals surface area contributed by atoms with Crippen molar-refractivity contribution < 1.29 is 4.52 Å². The first-order chi connectivity index (χ1) is 8.72. The molecule has 92 valence electrons. The molecule has 0 bridgehead atoms. The zero-order valence-electron chi connectivity index (χ0n) is 9.54. The van der Waals surface area contributed by atoms with Crippen molar-refractivity contribution in [1.29, 1.82) is 0 Å². The molecule has 3 heterocycles. The normalized spacial score (nSPS) is 10.9. The molecule has 7 nitrogen and oxygen atoms in total. The number of aryl methyl sites for hydroxylation is 1. The summed E-state index contributed by atoms with van der Waals surface area (Å²) in [6.07, 6.45) is 2.10. The highest BCUT2D eigenvalue weighted by Crippen LogP contribution is 2.22. The number of thiazole rings is 1. The van der Waals surface area contributed by atoms with E-state index < -0.39 is 0 Å². The number of hydrogen-bond acceptors (Lipinski definition) is 7. The fraction of sp³-hybridized carbons (Fsp3) is 0.200. The Morgan fingerprint density at radius 3 is 3.00 bits per heavy atom. The SMILES string of the molecule is Cc1nc(Cc2noc(-c3cn[nH]c3N)n2)cs1. The van der Waals surface area contributed by atoms with Gasteiger partial charge in [-0.25, -0.2) is 4.98 Å². The summed E-state index contributed by atoms with van der Waals surface area (Å²) in [5.74, 6) is 1.36. The van der Waals surface area contributed by atoms with Crippen molar-refractivity contribution in [3.63, 3.8) is 0 Å². The van der Waals surface area contributed by atoms with Crippen LogP contribution in [-0.4, -0.2) is 25.3 Å². The van der Waals surface area contributed by atoms with Crippen molar-refractivity contribution in [1.82, 2.24) is 25.3 Å². The number of hydrogen-bond donors (Lipinski definition) is 2. The van der Waals surface area contributed by atoms with Gasteiger partial charge < -0.3 is 10.3 Å². The van der Waals surface area contributed by atoms with Gasteiger partial charge in [0, 0.05) is 5.38 Å². The standard InChI is InChI=1S/C10H10N6OS/c1-5-13-6(4-18-5)2-8-14-10(17-16-8)7-3-12-15-9(7)11/h3-4H,2H2,1H3,(H3,11,12,15). The molecule has 0 aliphatic heterocycles. The Bertz CT molecular complexity index is 669. The lowest BCUT2D eigenvalue weighted by molar-refractivity contribution is 0.424. The molecular formula is C10H10N6OS. The molecule has 0 fully saturated rings. The van der Waals surface area contributed by atoms with E-state index in [2.05, 4.69) is 25.3 Å². The topological polar surface area (TPSA) is 107 Å². The smallest absolute Gasteiger partial charge is 0.263 e. The summed E-state index contributed by atoms with van der Waals surface area (Å²) in [5, 5.41) is 13.3. The van der Waals surface area contributed by atoms with Crippen LogP contribution < -0.4 is 5.73 Å². The third-order valence-electron chi connectivity index (χ3n) is 2.37. The number of anilines is 1. The molecule has 3 aromatic heterocycles. The van der Waals surface area contributed by atoms with Crippen molar-refractivity contribution in [3.05, 3.63) is 28.1 Å². The zero-order chi connectivity index (χ0) is 12.5. The zero-order valence-corrected chi connectivity index (χ0v) is 10.4. The molecule has 8 heteroatoms. The first kappa shape index (κ1) is 10.9. The van der Waals surface area contributed by atoms with Gasteiger partial charge in [0.15, 0.2) is 5.82 Å². The highest BCUT2D eigenvalue weighted by atomic mass is 32.1. The van der Waals surface area contributed by atoms with Gasteiger partial charge in [-0.3, -0.25) is 5.10 Å². The van der Waals surface area contributed by atoms with Crippen LogP contribution in [0, 0.1) is 6.92 Å². The average molecular weight is 262 g/mol. The van der Waals surface area contributed by atoms with Crippen LogP contribution in [0.15, 0.2) is 16.1 Å².